The molecule has 11 heavy (non-hydrogen) atoms. The molecule has 0 spiro atoms. The molecule has 1 aliphatic carbocycles. The standard InChI is InChI=1S/C10H16O/c1-3-4-5-9-6-7-10(11)8(9)2/h1,8-11H,4-7H2,2H3. The Kier molecular flexibility index (Phi) is 2.96. The lowest BCUT2D eigenvalue weighted by molar-refractivity contribution is 0.126. The van der Waals surface area contributed by atoms with Crippen molar-refractivity contribution in [2.75, 3.05) is 0 Å². The van der Waals surface area contributed by atoms with Crippen LogP contribution < -0.4 is 0 Å². The van der Waals surface area contributed by atoms with Crippen molar-refractivity contribution in [1.29, 1.82) is 0 Å². The Labute approximate surface area is 68.8 Å². The molecule has 1 rings (SSSR count). The first-order chi connectivity index (χ1) is 5.25. The van der Waals surface area contributed by atoms with Crippen LogP contribution in [0.2, 0.25) is 0 Å². The Morgan fingerprint density at radius 3 is 2.73 bits per heavy atom. The van der Waals surface area contributed by atoms with Crippen LogP contribution in [0.5, 0.6) is 0 Å². The van der Waals surface area contributed by atoms with E-state index in [1.54, 1.807) is 0 Å². The maximum atomic E-state index is 9.42. The van der Waals surface area contributed by atoms with E-state index in [9.17, 15) is 5.11 Å². The first-order valence-electron chi connectivity index (χ1n) is 4.37. The molecule has 1 aliphatic rings. The zero-order valence-corrected chi connectivity index (χ0v) is 7.09. The van der Waals surface area contributed by atoms with Gasteiger partial charge in [-0.25, -0.2) is 0 Å². The number of aliphatic hydroxyl groups is 1. The van der Waals surface area contributed by atoms with Crippen LogP contribution in [0.25, 0.3) is 0 Å². The lowest BCUT2D eigenvalue weighted by atomic mass is 9.92. The summed E-state index contributed by atoms with van der Waals surface area (Å²) in [5, 5.41) is 9.42. The van der Waals surface area contributed by atoms with Gasteiger partial charge >= 0.3 is 0 Å². The van der Waals surface area contributed by atoms with Crippen molar-refractivity contribution in [3.63, 3.8) is 0 Å². The SMILES string of the molecule is C#CCCC1CCC(O)C1C. The minimum Gasteiger partial charge on any atom is -0.393 e. The van der Waals surface area contributed by atoms with Crippen LogP contribution in [-0.2, 0) is 0 Å². The van der Waals surface area contributed by atoms with Crippen molar-refractivity contribution in [1.82, 2.24) is 0 Å². The molecule has 0 bridgehead atoms. The second-order valence-corrected chi connectivity index (χ2v) is 3.51. The van der Waals surface area contributed by atoms with E-state index < -0.39 is 0 Å². The summed E-state index contributed by atoms with van der Waals surface area (Å²) < 4.78 is 0. The Morgan fingerprint density at radius 1 is 1.55 bits per heavy atom. The molecule has 1 nitrogen and oxygen atoms in total. The molecule has 1 fully saturated rings. The topological polar surface area (TPSA) is 20.2 Å². The summed E-state index contributed by atoms with van der Waals surface area (Å²) in [6.07, 6.45) is 9.18. The minimum absolute atomic E-state index is 0.0715. The summed E-state index contributed by atoms with van der Waals surface area (Å²) in [5.41, 5.74) is 0. The van der Waals surface area contributed by atoms with Crippen molar-refractivity contribution >= 4 is 0 Å². The van der Waals surface area contributed by atoms with E-state index in [-0.39, 0.29) is 6.10 Å². The third-order valence-corrected chi connectivity index (χ3v) is 2.84. The normalized spacial score (nSPS) is 37.0. The van der Waals surface area contributed by atoms with E-state index in [4.69, 9.17) is 6.42 Å². The Hall–Kier alpha value is -0.480. The Bertz CT molecular complexity index is 157. The minimum atomic E-state index is -0.0715. The molecule has 62 valence electrons. The van der Waals surface area contributed by atoms with Gasteiger partial charge in [-0.2, -0.15) is 0 Å². The van der Waals surface area contributed by atoms with E-state index in [1.165, 1.54) is 0 Å². The summed E-state index contributed by atoms with van der Waals surface area (Å²) in [4.78, 5) is 0. The second kappa shape index (κ2) is 3.78. The molecule has 1 N–H and O–H groups in total. The largest absolute Gasteiger partial charge is 0.393 e. The van der Waals surface area contributed by atoms with E-state index in [0.29, 0.717) is 11.8 Å². The van der Waals surface area contributed by atoms with Gasteiger partial charge in [-0.15, -0.1) is 12.3 Å². The molecule has 0 aromatic rings. The number of rotatable bonds is 2. The molecule has 0 aromatic carbocycles. The lowest BCUT2D eigenvalue weighted by Crippen LogP contribution is -2.14. The summed E-state index contributed by atoms with van der Waals surface area (Å²) in [5.74, 6) is 3.78. The smallest absolute Gasteiger partial charge is 0.0568 e. The summed E-state index contributed by atoms with van der Waals surface area (Å²) >= 11 is 0. The molecule has 0 aromatic heterocycles. The van der Waals surface area contributed by atoms with Crippen LogP contribution in [0, 0.1) is 24.2 Å². The van der Waals surface area contributed by atoms with Gasteiger partial charge in [0.05, 0.1) is 6.10 Å². The highest BCUT2D eigenvalue weighted by Crippen LogP contribution is 2.34. The van der Waals surface area contributed by atoms with Crippen molar-refractivity contribution in [2.24, 2.45) is 11.8 Å². The van der Waals surface area contributed by atoms with E-state index >= 15 is 0 Å². The molecular formula is C10H16O. The van der Waals surface area contributed by atoms with Gasteiger partial charge in [0, 0.05) is 6.42 Å². The molecule has 0 amide bonds. The molecule has 3 atom stereocenters. The van der Waals surface area contributed by atoms with E-state index in [1.807, 2.05) is 0 Å². The van der Waals surface area contributed by atoms with Crippen LogP contribution in [0.4, 0.5) is 0 Å². The molecule has 1 heteroatoms. The predicted molar refractivity (Wildman–Crippen MR) is 46.0 cm³/mol. The Balaban J connectivity index is 2.31. The average molecular weight is 152 g/mol. The van der Waals surface area contributed by atoms with Crippen LogP contribution in [0.15, 0.2) is 0 Å². The van der Waals surface area contributed by atoms with Crippen molar-refractivity contribution in [3.05, 3.63) is 0 Å². The van der Waals surface area contributed by atoms with Crippen molar-refractivity contribution in [3.8, 4) is 12.3 Å². The third kappa shape index (κ3) is 1.97. The molecule has 0 heterocycles. The monoisotopic (exact) mass is 152 g/mol. The first-order valence-corrected chi connectivity index (χ1v) is 4.37. The third-order valence-electron chi connectivity index (χ3n) is 2.84. The van der Waals surface area contributed by atoms with E-state index in [0.717, 1.165) is 25.7 Å². The fourth-order valence-corrected chi connectivity index (χ4v) is 1.90. The maximum absolute atomic E-state index is 9.42. The van der Waals surface area contributed by atoms with Gasteiger partial charge in [-0.3, -0.25) is 0 Å². The fourth-order valence-electron chi connectivity index (χ4n) is 1.90. The van der Waals surface area contributed by atoms with Gasteiger partial charge in [-0.1, -0.05) is 6.92 Å². The quantitative estimate of drug-likeness (QED) is 0.598. The van der Waals surface area contributed by atoms with Crippen molar-refractivity contribution in [2.45, 2.75) is 38.7 Å². The van der Waals surface area contributed by atoms with Gasteiger partial charge in [0.15, 0.2) is 0 Å². The fraction of sp³-hybridized carbons (Fsp3) is 0.800. The van der Waals surface area contributed by atoms with Crippen LogP contribution in [-0.4, -0.2) is 11.2 Å². The van der Waals surface area contributed by atoms with Gasteiger partial charge in [0.2, 0.25) is 0 Å². The molecule has 3 unspecified atom stereocenters. The summed E-state index contributed by atoms with van der Waals surface area (Å²) in [6, 6.07) is 0. The van der Waals surface area contributed by atoms with Gasteiger partial charge in [0.1, 0.15) is 0 Å². The summed E-state index contributed by atoms with van der Waals surface area (Å²) in [6.45, 7) is 2.12. The van der Waals surface area contributed by atoms with Crippen molar-refractivity contribution < 1.29 is 5.11 Å². The van der Waals surface area contributed by atoms with E-state index in [2.05, 4.69) is 12.8 Å². The second-order valence-electron chi connectivity index (χ2n) is 3.51. The number of aliphatic hydroxyl groups excluding tert-OH is 1. The maximum Gasteiger partial charge on any atom is 0.0568 e. The van der Waals surface area contributed by atoms with Gasteiger partial charge < -0.3 is 5.11 Å². The average Bonchev–Trinajstić information content (AvgIpc) is 2.31. The number of hydrogen-bond donors (Lipinski definition) is 1. The van der Waals surface area contributed by atoms with Crippen LogP contribution in [0.3, 0.4) is 0 Å². The highest BCUT2D eigenvalue weighted by Gasteiger charge is 2.30. The molecular weight excluding hydrogens is 136 g/mol. The molecule has 0 aliphatic heterocycles. The first kappa shape index (κ1) is 8.62. The van der Waals surface area contributed by atoms with Crippen LogP contribution in [0.1, 0.15) is 32.6 Å². The predicted octanol–water partition coefficient (Wildman–Crippen LogP) is 1.81. The number of terminal acetylenes is 1. The lowest BCUT2D eigenvalue weighted by Gasteiger charge is -2.15. The van der Waals surface area contributed by atoms with Crippen LogP contribution >= 0.6 is 0 Å². The zero-order chi connectivity index (χ0) is 8.27. The highest BCUT2D eigenvalue weighted by molar-refractivity contribution is 4.88. The van der Waals surface area contributed by atoms with Gasteiger partial charge in [0.25, 0.3) is 0 Å². The molecule has 0 radical (unpaired) electrons. The number of hydrogen-bond acceptors (Lipinski definition) is 1. The Morgan fingerprint density at radius 2 is 2.27 bits per heavy atom. The molecule has 1 saturated carbocycles. The zero-order valence-electron chi connectivity index (χ0n) is 7.09. The highest BCUT2D eigenvalue weighted by atomic mass is 16.3. The summed E-state index contributed by atoms with van der Waals surface area (Å²) in [7, 11) is 0. The van der Waals surface area contributed by atoms with Gasteiger partial charge in [-0.05, 0) is 31.1 Å². The molecule has 0 saturated heterocycles.